The van der Waals surface area contributed by atoms with E-state index in [1.807, 2.05) is 41.9 Å². The van der Waals surface area contributed by atoms with E-state index in [9.17, 15) is 10.1 Å². The first-order valence-electron chi connectivity index (χ1n) is 11.8. The maximum absolute atomic E-state index is 13.2. The van der Waals surface area contributed by atoms with Crippen LogP contribution >= 0.6 is 0 Å². The first-order chi connectivity index (χ1) is 17.0. The lowest BCUT2D eigenvalue weighted by Gasteiger charge is -2.20. The molecule has 4 aromatic rings. The maximum Gasteiger partial charge on any atom is 0.238 e. The Bertz CT molecular complexity index is 1510. The molecule has 174 valence electrons. The molecule has 0 spiro atoms. The largest absolute Gasteiger partial charge is 0.325 e. The van der Waals surface area contributed by atoms with Crippen LogP contribution in [0.2, 0.25) is 0 Å². The van der Waals surface area contributed by atoms with E-state index >= 15 is 0 Å². The van der Waals surface area contributed by atoms with Gasteiger partial charge in [0, 0.05) is 25.1 Å². The van der Waals surface area contributed by atoms with Gasteiger partial charge in [-0.15, -0.1) is 0 Å². The number of anilines is 3. The Hall–Kier alpha value is -4.32. The van der Waals surface area contributed by atoms with Crippen molar-refractivity contribution in [1.29, 1.82) is 5.26 Å². The van der Waals surface area contributed by atoms with E-state index in [0.717, 1.165) is 35.2 Å². The molecule has 1 unspecified atom stereocenters. The van der Waals surface area contributed by atoms with E-state index in [-0.39, 0.29) is 5.91 Å². The molecule has 1 aliphatic carbocycles. The van der Waals surface area contributed by atoms with Crippen LogP contribution in [0, 0.1) is 18.3 Å². The molecule has 1 saturated carbocycles. The number of benzene rings is 1. The molecule has 4 heterocycles. The van der Waals surface area contributed by atoms with E-state index in [1.165, 1.54) is 12.8 Å². The van der Waals surface area contributed by atoms with Crippen molar-refractivity contribution in [3.63, 3.8) is 0 Å². The number of rotatable bonds is 4. The third kappa shape index (κ3) is 3.49. The summed E-state index contributed by atoms with van der Waals surface area (Å²) in [6.07, 6.45) is 8.26. The molecule has 2 aliphatic rings. The molecule has 1 atom stereocenters. The molecular formula is C26H24N8O. The zero-order valence-electron chi connectivity index (χ0n) is 19.6. The van der Waals surface area contributed by atoms with Gasteiger partial charge in [-0.1, -0.05) is 12.8 Å². The number of carbonyl (C=O) groups is 1. The number of fused-ring (bicyclic) bond motifs is 2. The second kappa shape index (κ2) is 8.17. The summed E-state index contributed by atoms with van der Waals surface area (Å²) in [5.74, 6) is -0.389. The highest BCUT2D eigenvalue weighted by Gasteiger charge is 2.36. The van der Waals surface area contributed by atoms with Crippen LogP contribution in [0.1, 0.15) is 60.2 Å². The summed E-state index contributed by atoms with van der Waals surface area (Å²) in [7, 11) is 1.89. The first kappa shape index (κ1) is 21.2. The normalized spacial score (nSPS) is 17.4. The van der Waals surface area contributed by atoms with E-state index in [0.29, 0.717) is 34.6 Å². The molecular weight excluding hydrogens is 440 g/mol. The third-order valence-corrected chi connectivity index (χ3v) is 7.04. The number of hydrogen-bond acceptors (Lipinski definition) is 7. The molecule has 0 saturated heterocycles. The summed E-state index contributed by atoms with van der Waals surface area (Å²) in [5.41, 5.74) is 4.81. The lowest BCUT2D eigenvalue weighted by atomic mass is 9.94. The van der Waals surface area contributed by atoms with Crippen molar-refractivity contribution in [3.8, 4) is 6.07 Å². The number of nitriles is 1. The van der Waals surface area contributed by atoms with Crippen LogP contribution in [-0.2, 0) is 4.79 Å². The van der Waals surface area contributed by atoms with E-state index < -0.39 is 5.92 Å². The zero-order chi connectivity index (χ0) is 24.1. The van der Waals surface area contributed by atoms with Crippen LogP contribution < -0.4 is 10.2 Å². The minimum atomic E-state index is -0.660. The van der Waals surface area contributed by atoms with Crippen molar-refractivity contribution in [2.45, 2.75) is 44.6 Å². The van der Waals surface area contributed by atoms with Crippen LogP contribution in [0.25, 0.3) is 11.0 Å². The predicted molar refractivity (Wildman–Crippen MR) is 131 cm³/mol. The maximum atomic E-state index is 13.2. The quantitative estimate of drug-likeness (QED) is 0.477. The Morgan fingerprint density at radius 1 is 1.20 bits per heavy atom. The molecule has 35 heavy (non-hydrogen) atoms. The van der Waals surface area contributed by atoms with Gasteiger partial charge in [-0.05, 0) is 55.7 Å². The monoisotopic (exact) mass is 464 g/mol. The SMILES string of the molecule is Cc1ncccc1N(C)c1nc(C2C(=O)Nc3ccc(C#N)cc32)c2cn(C3CCCC3)nc2n1. The van der Waals surface area contributed by atoms with Gasteiger partial charge < -0.3 is 10.2 Å². The molecule has 9 nitrogen and oxygen atoms in total. The Kier molecular flexibility index (Phi) is 4.95. The molecule has 1 amide bonds. The Balaban J connectivity index is 1.56. The van der Waals surface area contributed by atoms with Crippen molar-refractivity contribution in [2.75, 3.05) is 17.3 Å². The zero-order valence-corrected chi connectivity index (χ0v) is 19.6. The van der Waals surface area contributed by atoms with Gasteiger partial charge in [0.15, 0.2) is 5.65 Å². The van der Waals surface area contributed by atoms with Crippen LogP contribution in [0.15, 0.2) is 42.7 Å². The van der Waals surface area contributed by atoms with Crippen molar-refractivity contribution in [2.24, 2.45) is 0 Å². The van der Waals surface area contributed by atoms with Gasteiger partial charge in [0.05, 0.1) is 40.1 Å². The van der Waals surface area contributed by atoms with Gasteiger partial charge in [-0.3, -0.25) is 14.5 Å². The summed E-state index contributed by atoms with van der Waals surface area (Å²) in [6.45, 7) is 1.93. The van der Waals surface area contributed by atoms with Crippen molar-refractivity contribution in [1.82, 2.24) is 24.7 Å². The van der Waals surface area contributed by atoms with Gasteiger partial charge in [0.1, 0.15) is 5.92 Å². The van der Waals surface area contributed by atoms with E-state index in [1.54, 1.807) is 24.4 Å². The molecule has 9 heteroatoms. The highest BCUT2D eigenvalue weighted by Crippen LogP contribution is 2.41. The van der Waals surface area contributed by atoms with Gasteiger partial charge in [0.2, 0.25) is 11.9 Å². The minimum Gasteiger partial charge on any atom is -0.325 e. The summed E-state index contributed by atoms with van der Waals surface area (Å²) < 4.78 is 1.99. The highest BCUT2D eigenvalue weighted by molar-refractivity contribution is 6.06. The smallest absolute Gasteiger partial charge is 0.238 e. The predicted octanol–water partition coefficient (Wildman–Crippen LogP) is 4.37. The molecule has 6 rings (SSSR count). The average molecular weight is 465 g/mol. The number of nitrogens with one attached hydrogen (secondary N) is 1. The molecule has 1 aromatic carbocycles. The summed E-state index contributed by atoms with van der Waals surface area (Å²) >= 11 is 0. The fourth-order valence-electron chi connectivity index (χ4n) is 5.20. The lowest BCUT2D eigenvalue weighted by Crippen LogP contribution is -2.19. The van der Waals surface area contributed by atoms with E-state index in [4.69, 9.17) is 15.1 Å². The van der Waals surface area contributed by atoms with E-state index in [2.05, 4.69) is 16.4 Å². The number of nitrogens with zero attached hydrogens (tertiary/aromatic N) is 7. The van der Waals surface area contributed by atoms with Gasteiger partial charge in [-0.25, -0.2) is 4.98 Å². The van der Waals surface area contributed by atoms with Crippen molar-refractivity contribution in [3.05, 3.63) is 65.2 Å². The van der Waals surface area contributed by atoms with Crippen LogP contribution in [0.4, 0.5) is 17.3 Å². The number of carbonyl (C=O) groups excluding carboxylic acids is 1. The fourth-order valence-corrected chi connectivity index (χ4v) is 5.20. The molecule has 1 aliphatic heterocycles. The number of hydrogen-bond donors (Lipinski definition) is 1. The minimum absolute atomic E-state index is 0.171. The van der Waals surface area contributed by atoms with Crippen LogP contribution in [0.3, 0.4) is 0 Å². The van der Waals surface area contributed by atoms with Crippen molar-refractivity contribution < 1.29 is 4.79 Å². The second-order valence-electron chi connectivity index (χ2n) is 9.20. The first-order valence-corrected chi connectivity index (χ1v) is 11.8. The molecule has 1 fully saturated rings. The number of amides is 1. The lowest BCUT2D eigenvalue weighted by molar-refractivity contribution is -0.116. The molecule has 0 radical (unpaired) electrons. The Labute approximate surface area is 202 Å². The van der Waals surface area contributed by atoms with Crippen molar-refractivity contribution >= 4 is 34.3 Å². The molecule has 0 bridgehead atoms. The second-order valence-corrected chi connectivity index (χ2v) is 9.20. The van der Waals surface area contributed by atoms with Gasteiger partial charge in [-0.2, -0.15) is 15.3 Å². The topological polar surface area (TPSA) is 113 Å². The summed E-state index contributed by atoms with van der Waals surface area (Å²) in [5, 5.41) is 18.0. The number of pyridine rings is 1. The van der Waals surface area contributed by atoms with Crippen LogP contribution in [-0.4, -0.2) is 37.7 Å². The number of aryl methyl sites for hydroxylation is 1. The fraction of sp³-hybridized carbons (Fsp3) is 0.308. The van der Waals surface area contributed by atoms with Crippen LogP contribution in [0.5, 0.6) is 0 Å². The summed E-state index contributed by atoms with van der Waals surface area (Å²) in [6, 6.07) is 11.6. The number of aromatic nitrogens is 5. The molecule has 1 N–H and O–H groups in total. The summed E-state index contributed by atoms with van der Waals surface area (Å²) in [4.78, 5) is 29.2. The molecule has 3 aromatic heterocycles. The highest BCUT2D eigenvalue weighted by atomic mass is 16.2. The average Bonchev–Trinajstić information content (AvgIpc) is 3.60. The Morgan fingerprint density at radius 2 is 2.03 bits per heavy atom. The standard InChI is InChI=1S/C26H24N8O/c1-15-21(8-5-11-28-15)33(2)26-30-23(19-14-34(32-24(19)31-26)17-6-3-4-7-17)22-18-12-16(13-27)9-10-20(18)29-25(22)35/h5,8-12,14,17,22H,3-4,6-7H2,1-2H3,(H,29,35). The Morgan fingerprint density at radius 3 is 2.80 bits per heavy atom. The van der Waals surface area contributed by atoms with Gasteiger partial charge >= 0.3 is 0 Å². The third-order valence-electron chi connectivity index (χ3n) is 7.04. The van der Waals surface area contributed by atoms with Gasteiger partial charge in [0.25, 0.3) is 0 Å².